The van der Waals surface area contributed by atoms with E-state index in [1.165, 1.54) is 0 Å². The molecule has 0 spiro atoms. The van der Waals surface area contributed by atoms with Crippen LogP contribution in [0.25, 0.3) is 0 Å². The summed E-state index contributed by atoms with van der Waals surface area (Å²) in [6.45, 7) is 10.3. The van der Waals surface area contributed by atoms with Crippen LogP contribution in [0, 0.1) is 11.8 Å². The third-order valence-electron chi connectivity index (χ3n) is 2.65. The van der Waals surface area contributed by atoms with Gasteiger partial charge in [0.2, 0.25) is 0 Å². The number of rotatable bonds is 3. The van der Waals surface area contributed by atoms with Gasteiger partial charge in [0.15, 0.2) is 5.91 Å². The first-order valence-corrected chi connectivity index (χ1v) is 5.05. The number of amides is 1. The van der Waals surface area contributed by atoms with Crippen LogP contribution in [-0.4, -0.2) is 22.9 Å². The molecule has 3 heteroatoms. The van der Waals surface area contributed by atoms with Crippen molar-refractivity contribution < 1.29 is 23.7 Å². The molecule has 0 aromatic heterocycles. The summed E-state index contributed by atoms with van der Waals surface area (Å²) in [7, 11) is 0. The second-order valence-electron chi connectivity index (χ2n) is 4.73. The molecule has 2 nitrogen and oxygen atoms in total. The summed E-state index contributed by atoms with van der Waals surface area (Å²) >= 11 is 0. The fourth-order valence-electron chi connectivity index (χ4n) is 1.69. The van der Waals surface area contributed by atoms with Crippen LogP contribution in [0.15, 0.2) is 0 Å². The first-order valence-electron chi connectivity index (χ1n) is 5.05. The van der Waals surface area contributed by atoms with Crippen LogP contribution in [-0.2, 0) is 4.79 Å². The van der Waals surface area contributed by atoms with Crippen molar-refractivity contribution in [3.05, 3.63) is 6.42 Å². The summed E-state index contributed by atoms with van der Waals surface area (Å²) in [5.41, 5.74) is -0.144. The van der Waals surface area contributed by atoms with Crippen molar-refractivity contribution in [2.45, 2.75) is 53.1 Å². The zero-order valence-corrected chi connectivity index (χ0v) is 10.3. The molecule has 1 rings (SSSR count). The van der Waals surface area contributed by atoms with Gasteiger partial charge in [-0.1, -0.05) is 6.92 Å². The van der Waals surface area contributed by atoms with E-state index in [0.29, 0.717) is 12.1 Å². The first kappa shape index (κ1) is 14.1. The van der Waals surface area contributed by atoms with Gasteiger partial charge in [-0.3, -0.25) is 4.79 Å². The van der Waals surface area contributed by atoms with Gasteiger partial charge in [-0.2, -0.15) is 6.42 Å². The molecule has 0 radical (unpaired) electrons. The first-order chi connectivity index (χ1) is 5.88. The van der Waals surface area contributed by atoms with Gasteiger partial charge in [0.25, 0.3) is 0 Å². The van der Waals surface area contributed by atoms with Crippen LogP contribution < -0.4 is 18.9 Å². The summed E-state index contributed by atoms with van der Waals surface area (Å²) in [5, 5.41) is 0. The molecule has 1 unspecified atom stereocenters. The van der Waals surface area contributed by atoms with E-state index >= 15 is 0 Å². The molecule has 76 valence electrons. The van der Waals surface area contributed by atoms with Gasteiger partial charge in [-0.25, -0.2) is 0 Å². The molecule has 0 aliphatic heterocycles. The van der Waals surface area contributed by atoms with E-state index < -0.39 is 0 Å². The number of hydrogen-bond donors (Lipinski definition) is 0. The third-order valence-corrected chi connectivity index (χ3v) is 2.65. The Morgan fingerprint density at radius 3 is 1.86 bits per heavy atom. The normalized spacial score (nSPS) is 24.8. The Kier molecular flexibility index (Phi) is 4.75. The minimum Gasteiger partial charge on any atom is -0.340 e. The molecule has 1 atom stereocenters. The van der Waals surface area contributed by atoms with Gasteiger partial charge >= 0.3 is 18.9 Å². The second-order valence-corrected chi connectivity index (χ2v) is 4.73. The van der Waals surface area contributed by atoms with Gasteiger partial charge in [-0.15, -0.1) is 5.41 Å². The SMILES string of the molecule is CC(C)N(C(=O)C1(C)[CH-]C1)C(C)C.[Li+]. The Hall–Kier alpha value is 0.0674. The van der Waals surface area contributed by atoms with Crippen molar-refractivity contribution >= 4 is 5.91 Å². The van der Waals surface area contributed by atoms with Gasteiger partial charge in [-0.05, 0) is 27.7 Å². The predicted octanol–water partition coefficient (Wildman–Crippen LogP) is -0.750. The van der Waals surface area contributed by atoms with Gasteiger partial charge in [0.1, 0.15) is 0 Å². The summed E-state index contributed by atoms with van der Waals surface area (Å²) in [6.07, 6.45) is 3.04. The molecule has 14 heavy (non-hydrogen) atoms. The molecule has 0 heterocycles. The van der Waals surface area contributed by atoms with E-state index in [-0.39, 0.29) is 30.2 Å². The summed E-state index contributed by atoms with van der Waals surface area (Å²) < 4.78 is 0. The van der Waals surface area contributed by atoms with Crippen LogP contribution in [0.2, 0.25) is 0 Å². The Morgan fingerprint density at radius 1 is 1.29 bits per heavy atom. The maximum absolute atomic E-state index is 12.0. The number of hydrogen-bond acceptors (Lipinski definition) is 1. The minimum atomic E-state index is -0.144. The molecule has 0 aromatic carbocycles. The molecular weight excluding hydrogens is 169 g/mol. The Morgan fingerprint density at radius 2 is 1.64 bits per heavy atom. The molecule has 0 bridgehead atoms. The minimum absolute atomic E-state index is 0. The maximum Gasteiger partial charge on any atom is 1.00 e. The predicted molar refractivity (Wildman–Crippen MR) is 54.1 cm³/mol. The van der Waals surface area contributed by atoms with Gasteiger partial charge < -0.3 is 11.3 Å². The van der Waals surface area contributed by atoms with E-state index in [0.717, 1.165) is 6.42 Å². The average molecular weight is 189 g/mol. The quantitative estimate of drug-likeness (QED) is 0.422. The van der Waals surface area contributed by atoms with Crippen LogP contribution in [0.4, 0.5) is 0 Å². The topological polar surface area (TPSA) is 20.3 Å². The summed E-state index contributed by atoms with van der Waals surface area (Å²) in [5.74, 6) is 0.289. The van der Waals surface area contributed by atoms with Crippen molar-refractivity contribution in [2.75, 3.05) is 0 Å². The number of carbonyl (C=O) groups is 1. The average Bonchev–Trinajstić information content (AvgIpc) is 2.67. The Balaban J connectivity index is 0.00000169. The molecule has 1 aliphatic rings. The van der Waals surface area contributed by atoms with E-state index in [1.807, 2.05) is 11.8 Å². The second kappa shape index (κ2) is 4.73. The van der Waals surface area contributed by atoms with E-state index in [9.17, 15) is 4.79 Å². The third kappa shape index (κ3) is 2.78. The standard InChI is InChI=1S/C11H20NO.Li/c1-8(2)12(9(3)4)10(13)11(5)6-7-11;/h6,8-9H,7H2,1-5H3;/q-1;+1. The van der Waals surface area contributed by atoms with Crippen molar-refractivity contribution in [1.29, 1.82) is 0 Å². The fraction of sp³-hybridized carbons (Fsp3) is 0.818. The zero-order chi connectivity index (χ0) is 10.2. The van der Waals surface area contributed by atoms with Crippen LogP contribution in [0.5, 0.6) is 0 Å². The molecule has 0 aromatic rings. The van der Waals surface area contributed by atoms with Crippen molar-refractivity contribution in [2.24, 2.45) is 5.41 Å². The fourth-order valence-corrected chi connectivity index (χ4v) is 1.69. The van der Waals surface area contributed by atoms with Crippen LogP contribution in [0.1, 0.15) is 41.0 Å². The Bertz CT molecular complexity index is 201. The maximum atomic E-state index is 12.0. The van der Waals surface area contributed by atoms with E-state index in [2.05, 4.69) is 34.1 Å². The van der Waals surface area contributed by atoms with Crippen molar-refractivity contribution in [3.63, 3.8) is 0 Å². The molecule has 0 saturated heterocycles. The molecule has 1 fully saturated rings. The summed E-state index contributed by atoms with van der Waals surface area (Å²) in [4.78, 5) is 14.0. The molecule has 1 saturated carbocycles. The molecule has 0 N–H and O–H groups in total. The van der Waals surface area contributed by atoms with Gasteiger partial charge in [0.05, 0.1) is 0 Å². The molecule has 1 amide bonds. The Labute approximate surface area is 99.6 Å². The summed E-state index contributed by atoms with van der Waals surface area (Å²) in [6, 6.07) is 0.608. The molecule has 1 aliphatic carbocycles. The van der Waals surface area contributed by atoms with E-state index in [1.54, 1.807) is 0 Å². The van der Waals surface area contributed by atoms with Crippen LogP contribution in [0.3, 0.4) is 0 Å². The number of nitrogens with zero attached hydrogens (tertiary/aromatic N) is 1. The molecular formula is C11H20LiNO. The monoisotopic (exact) mass is 189 g/mol. The largest absolute Gasteiger partial charge is 1.00 e. The smallest absolute Gasteiger partial charge is 0.340 e. The van der Waals surface area contributed by atoms with Crippen molar-refractivity contribution in [3.8, 4) is 0 Å². The van der Waals surface area contributed by atoms with Crippen LogP contribution >= 0.6 is 0 Å². The number of carbonyl (C=O) groups excluding carboxylic acids is 1. The van der Waals surface area contributed by atoms with E-state index in [4.69, 9.17) is 0 Å². The van der Waals surface area contributed by atoms with Gasteiger partial charge in [0, 0.05) is 12.1 Å². The van der Waals surface area contributed by atoms with Crippen molar-refractivity contribution in [1.82, 2.24) is 4.90 Å². The zero-order valence-electron chi connectivity index (χ0n) is 10.3.